The van der Waals surface area contributed by atoms with Crippen LogP contribution in [-0.4, -0.2) is 13.1 Å². The van der Waals surface area contributed by atoms with Crippen molar-refractivity contribution in [3.8, 4) is 0 Å². The Balaban J connectivity index is 2.22. The third-order valence-electron chi connectivity index (χ3n) is 3.74. The number of halogens is 2. The summed E-state index contributed by atoms with van der Waals surface area (Å²) in [5.74, 6) is 1.51. The molecule has 0 aliphatic carbocycles. The molecular formula is C15H21BrFN. The minimum absolute atomic E-state index is 0.0648. The van der Waals surface area contributed by atoms with Gasteiger partial charge in [-0.2, -0.15) is 0 Å². The summed E-state index contributed by atoms with van der Waals surface area (Å²) in [5.41, 5.74) is 0.894. The SMILES string of the molecule is CC(C)CC1CNCCC1c1ccc(Br)cc1F. The van der Waals surface area contributed by atoms with E-state index in [1.165, 1.54) is 0 Å². The van der Waals surface area contributed by atoms with Gasteiger partial charge in [-0.25, -0.2) is 4.39 Å². The third-order valence-corrected chi connectivity index (χ3v) is 4.24. The first-order valence-electron chi connectivity index (χ1n) is 6.73. The molecule has 1 aromatic carbocycles. The van der Waals surface area contributed by atoms with Crippen LogP contribution in [0.2, 0.25) is 0 Å². The van der Waals surface area contributed by atoms with E-state index >= 15 is 0 Å². The smallest absolute Gasteiger partial charge is 0.127 e. The van der Waals surface area contributed by atoms with Gasteiger partial charge in [0, 0.05) is 4.47 Å². The maximum absolute atomic E-state index is 14.1. The van der Waals surface area contributed by atoms with E-state index in [1.807, 2.05) is 12.1 Å². The van der Waals surface area contributed by atoms with Crippen molar-refractivity contribution in [2.45, 2.75) is 32.6 Å². The second kappa shape index (κ2) is 6.16. The lowest BCUT2D eigenvalue weighted by molar-refractivity contribution is 0.275. The molecular weight excluding hydrogens is 293 g/mol. The van der Waals surface area contributed by atoms with Crippen LogP contribution in [0.5, 0.6) is 0 Å². The molecule has 2 atom stereocenters. The fourth-order valence-corrected chi connectivity index (χ4v) is 3.32. The number of hydrogen-bond donors (Lipinski definition) is 1. The summed E-state index contributed by atoms with van der Waals surface area (Å²) in [6, 6.07) is 5.49. The first kappa shape index (κ1) is 14.0. The van der Waals surface area contributed by atoms with Gasteiger partial charge < -0.3 is 5.32 Å². The molecule has 1 saturated heterocycles. The van der Waals surface area contributed by atoms with Crippen molar-refractivity contribution in [2.75, 3.05) is 13.1 Å². The average Bonchev–Trinajstić information content (AvgIpc) is 2.30. The van der Waals surface area contributed by atoms with Gasteiger partial charge in [-0.1, -0.05) is 35.8 Å². The molecule has 1 nitrogen and oxygen atoms in total. The number of benzene rings is 1. The van der Waals surface area contributed by atoms with Crippen LogP contribution < -0.4 is 5.32 Å². The van der Waals surface area contributed by atoms with Gasteiger partial charge in [0.25, 0.3) is 0 Å². The number of hydrogen-bond acceptors (Lipinski definition) is 1. The molecule has 1 N–H and O–H groups in total. The topological polar surface area (TPSA) is 12.0 Å². The molecule has 2 rings (SSSR count). The lowest BCUT2D eigenvalue weighted by atomic mass is 9.77. The Morgan fingerprint density at radius 3 is 2.89 bits per heavy atom. The Labute approximate surface area is 117 Å². The van der Waals surface area contributed by atoms with Crippen LogP contribution in [0.1, 0.15) is 38.2 Å². The Bertz CT molecular complexity index is 405. The van der Waals surface area contributed by atoms with Gasteiger partial charge in [-0.05, 0) is 61.4 Å². The minimum atomic E-state index is -0.0648. The van der Waals surface area contributed by atoms with Crippen molar-refractivity contribution >= 4 is 15.9 Å². The van der Waals surface area contributed by atoms with Crippen molar-refractivity contribution in [1.82, 2.24) is 5.32 Å². The van der Waals surface area contributed by atoms with E-state index in [1.54, 1.807) is 6.07 Å². The maximum atomic E-state index is 14.1. The highest BCUT2D eigenvalue weighted by Gasteiger charge is 2.28. The summed E-state index contributed by atoms with van der Waals surface area (Å²) in [6.45, 7) is 6.49. The molecule has 1 heterocycles. The van der Waals surface area contributed by atoms with Crippen molar-refractivity contribution in [3.63, 3.8) is 0 Å². The quantitative estimate of drug-likeness (QED) is 0.876. The summed E-state index contributed by atoms with van der Waals surface area (Å²) in [7, 11) is 0. The average molecular weight is 314 g/mol. The van der Waals surface area contributed by atoms with Crippen LogP contribution in [0.4, 0.5) is 4.39 Å². The summed E-state index contributed by atoms with van der Waals surface area (Å²) >= 11 is 3.32. The van der Waals surface area contributed by atoms with Crippen LogP contribution in [0.3, 0.4) is 0 Å². The molecule has 0 amide bonds. The van der Waals surface area contributed by atoms with Crippen LogP contribution in [0.25, 0.3) is 0 Å². The second-order valence-electron chi connectivity index (χ2n) is 5.65. The van der Waals surface area contributed by atoms with Gasteiger partial charge in [0.15, 0.2) is 0 Å². The second-order valence-corrected chi connectivity index (χ2v) is 6.57. The van der Waals surface area contributed by atoms with E-state index in [4.69, 9.17) is 0 Å². The minimum Gasteiger partial charge on any atom is -0.316 e. The van der Waals surface area contributed by atoms with Crippen molar-refractivity contribution in [3.05, 3.63) is 34.1 Å². The first-order valence-corrected chi connectivity index (χ1v) is 7.53. The van der Waals surface area contributed by atoms with Gasteiger partial charge in [0.2, 0.25) is 0 Å². The molecule has 0 radical (unpaired) electrons. The molecule has 1 aromatic rings. The lowest BCUT2D eigenvalue weighted by Gasteiger charge is -2.34. The maximum Gasteiger partial charge on any atom is 0.127 e. The van der Waals surface area contributed by atoms with Crippen LogP contribution in [0, 0.1) is 17.7 Å². The zero-order valence-corrected chi connectivity index (χ0v) is 12.6. The molecule has 0 spiro atoms. The van der Waals surface area contributed by atoms with Crippen molar-refractivity contribution < 1.29 is 4.39 Å². The molecule has 1 fully saturated rings. The molecule has 1 aliphatic rings. The van der Waals surface area contributed by atoms with Gasteiger partial charge in [0.05, 0.1) is 0 Å². The predicted octanol–water partition coefficient (Wildman–Crippen LogP) is 4.33. The summed E-state index contributed by atoms with van der Waals surface area (Å²) < 4.78 is 14.9. The molecule has 0 saturated carbocycles. The Morgan fingerprint density at radius 1 is 1.44 bits per heavy atom. The van der Waals surface area contributed by atoms with Gasteiger partial charge >= 0.3 is 0 Å². The van der Waals surface area contributed by atoms with E-state index in [9.17, 15) is 4.39 Å². The molecule has 3 heteroatoms. The third kappa shape index (κ3) is 3.33. The Kier molecular flexibility index (Phi) is 4.79. The highest BCUT2D eigenvalue weighted by Crippen LogP contribution is 2.36. The van der Waals surface area contributed by atoms with Crippen molar-refractivity contribution in [2.24, 2.45) is 11.8 Å². The van der Waals surface area contributed by atoms with E-state index in [2.05, 4.69) is 35.1 Å². The molecule has 18 heavy (non-hydrogen) atoms. The van der Waals surface area contributed by atoms with E-state index in [0.29, 0.717) is 17.8 Å². The normalized spacial score (nSPS) is 24.5. The Morgan fingerprint density at radius 2 is 2.22 bits per heavy atom. The van der Waals surface area contributed by atoms with Crippen molar-refractivity contribution in [1.29, 1.82) is 0 Å². The predicted molar refractivity (Wildman–Crippen MR) is 77.3 cm³/mol. The van der Waals surface area contributed by atoms with Gasteiger partial charge in [-0.3, -0.25) is 0 Å². The van der Waals surface area contributed by atoms with Crippen LogP contribution in [0.15, 0.2) is 22.7 Å². The fraction of sp³-hybridized carbons (Fsp3) is 0.600. The van der Waals surface area contributed by atoms with Crippen LogP contribution in [-0.2, 0) is 0 Å². The number of piperidine rings is 1. The highest BCUT2D eigenvalue weighted by molar-refractivity contribution is 9.10. The largest absolute Gasteiger partial charge is 0.316 e. The fourth-order valence-electron chi connectivity index (χ4n) is 2.99. The summed E-state index contributed by atoms with van der Waals surface area (Å²) in [5, 5.41) is 3.44. The van der Waals surface area contributed by atoms with Gasteiger partial charge in [-0.15, -0.1) is 0 Å². The first-order chi connectivity index (χ1) is 8.58. The van der Waals surface area contributed by atoms with E-state index in [0.717, 1.165) is 36.0 Å². The zero-order valence-electron chi connectivity index (χ0n) is 11.0. The molecule has 0 bridgehead atoms. The molecule has 0 aromatic heterocycles. The van der Waals surface area contributed by atoms with Gasteiger partial charge in [0.1, 0.15) is 5.82 Å². The Hall–Kier alpha value is -0.410. The summed E-state index contributed by atoms with van der Waals surface area (Å²) in [6.07, 6.45) is 2.20. The molecule has 1 aliphatic heterocycles. The highest BCUT2D eigenvalue weighted by atomic mass is 79.9. The zero-order chi connectivity index (χ0) is 13.1. The number of rotatable bonds is 3. The van der Waals surface area contributed by atoms with Crippen LogP contribution >= 0.6 is 15.9 Å². The standard InChI is InChI=1S/C15H21BrFN/c1-10(2)7-11-9-18-6-5-13(11)14-4-3-12(16)8-15(14)17/h3-4,8,10-11,13,18H,5-7,9H2,1-2H3. The monoisotopic (exact) mass is 313 g/mol. The number of nitrogens with one attached hydrogen (secondary N) is 1. The lowest BCUT2D eigenvalue weighted by Crippen LogP contribution is -2.36. The summed E-state index contributed by atoms with van der Waals surface area (Å²) in [4.78, 5) is 0. The molecule has 100 valence electrons. The van der Waals surface area contributed by atoms with E-state index < -0.39 is 0 Å². The van der Waals surface area contributed by atoms with E-state index in [-0.39, 0.29) is 5.82 Å². The molecule has 2 unspecified atom stereocenters.